The summed E-state index contributed by atoms with van der Waals surface area (Å²) in [5, 5.41) is 11.0. The van der Waals surface area contributed by atoms with Crippen LogP contribution in [0.2, 0.25) is 0 Å². The van der Waals surface area contributed by atoms with Crippen LogP contribution in [-0.2, 0) is 0 Å². The van der Waals surface area contributed by atoms with Crippen molar-refractivity contribution >= 4 is 22.1 Å². The van der Waals surface area contributed by atoms with Gasteiger partial charge in [-0.15, -0.1) is 0 Å². The van der Waals surface area contributed by atoms with E-state index in [0.717, 1.165) is 70.6 Å². The Bertz CT molecular complexity index is 1330. The SMILES string of the molecule is c1ccc(-c2cncc3[nH]c(-c4n[nH]c5ccc(C6CCNCC6)nc45)nc23)nc1. The summed E-state index contributed by atoms with van der Waals surface area (Å²) in [5.74, 6) is 1.16. The highest BCUT2D eigenvalue weighted by Crippen LogP contribution is 2.31. The van der Waals surface area contributed by atoms with Gasteiger partial charge in [0.1, 0.15) is 11.0 Å². The molecule has 0 radical (unpaired) electrons. The van der Waals surface area contributed by atoms with Crippen LogP contribution < -0.4 is 5.32 Å². The molecule has 0 unspecified atom stereocenters. The normalized spacial score (nSPS) is 15.2. The van der Waals surface area contributed by atoms with Gasteiger partial charge in [-0.1, -0.05) is 6.07 Å². The molecule has 6 rings (SSSR count). The minimum Gasteiger partial charge on any atom is -0.335 e. The van der Waals surface area contributed by atoms with Gasteiger partial charge in [0, 0.05) is 29.6 Å². The first-order valence-corrected chi connectivity index (χ1v) is 10.2. The Balaban J connectivity index is 1.47. The average molecular weight is 396 g/mol. The van der Waals surface area contributed by atoms with Gasteiger partial charge in [-0.2, -0.15) is 5.10 Å². The molecule has 8 heteroatoms. The Hall–Kier alpha value is -3.65. The maximum absolute atomic E-state index is 4.98. The van der Waals surface area contributed by atoms with Crippen molar-refractivity contribution in [3.8, 4) is 22.8 Å². The second-order valence-corrected chi connectivity index (χ2v) is 7.61. The summed E-state index contributed by atoms with van der Waals surface area (Å²) in [7, 11) is 0. The fourth-order valence-electron chi connectivity index (χ4n) is 4.18. The van der Waals surface area contributed by atoms with Crippen molar-refractivity contribution in [3.63, 3.8) is 0 Å². The van der Waals surface area contributed by atoms with Crippen LogP contribution in [0.4, 0.5) is 0 Å². The molecule has 0 atom stereocenters. The number of imidazole rings is 1. The molecule has 1 saturated heterocycles. The molecule has 0 aromatic carbocycles. The summed E-state index contributed by atoms with van der Waals surface area (Å²) < 4.78 is 0. The number of piperidine rings is 1. The van der Waals surface area contributed by atoms with Crippen molar-refractivity contribution in [1.82, 2.24) is 40.4 Å². The molecule has 30 heavy (non-hydrogen) atoms. The topological polar surface area (TPSA) is 108 Å². The number of H-pyrrole nitrogens is 2. The van der Waals surface area contributed by atoms with E-state index in [2.05, 4.69) is 42.6 Å². The lowest BCUT2D eigenvalue weighted by atomic mass is 9.94. The molecule has 5 aromatic heterocycles. The Morgan fingerprint density at radius 2 is 1.83 bits per heavy atom. The van der Waals surface area contributed by atoms with Crippen LogP contribution in [0, 0.1) is 0 Å². The molecule has 1 aliphatic rings. The number of hydrogen-bond donors (Lipinski definition) is 3. The lowest BCUT2D eigenvalue weighted by Gasteiger charge is -2.22. The zero-order valence-electron chi connectivity index (χ0n) is 16.3. The summed E-state index contributed by atoms with van der Waals surface area (Å²) in [6.45, 7) is 2.07. The number of pyridine rings is 3. The highest BCUT2D eigenvalue weighted by Gasteiger charge is 2.20. The Kier molecular flexibility index (Phi) is 4.02. The second-order valence-electron chi connectivity index (χ2n) is 7.61. The third kappa shape index (κ3) is 2.84. The third-order valence-corrected chi connectivity index (χ3v) is 5.75. The first kappa shape index (κ1) is 17.2. The van der Waals surface area contributed by atoms with Crippen LogP contribution in [0.25, 0.3) is 44.8 Å². The van der Waals surface area contributed by atoms with Gasteiger partial charge in [-0.25, -0.2) is 9.97 Å². The van der Waals surface area contributed by atoms with Crippen molar-refractivity contribution in [2.24, 2.45) is 0 Å². The van der Waals surface area contributed by atoms with E-state index in [-0.39, 0.29) is 0 Å². The zero-order valence-corrected chi connectivity index (χ0v) is 16.3. The Labute approximate surface area is 172 Å². The molecule has 3 N–H and O–H groups in total. The summed E-state index contributed by atoms with van der Waals surface area (Å²) in [6, 6.07) is 10.0. The van der Waals surface area contributed by atoms with Crippen LogP contribution in [0.1, 0.15) is 24.5 Å². The maximum Gasteiger partial charge on any atom is 0.161 e. The molecule has 1 aliphatic heterocycles. The molecular weight excluding hydrogens is 376 g/mol. The van der Waals surface area contributed by atoms with Gasteiger partial charge in [-0.3, -0.25) is 15.1 Å². The van der Waals surface area contributed by atoms with E-state index in [1.807, 2.05) is 18.2 Å². The van der Waals surface area contributed by atoms with E-state index in [1.54, 1.807) is 18.6 Å². The van der Waals surface area contributed by atoms with Gasteiger partial charge in [0.2, 0.25) is 0 Å². The summed E-state index contributed by atoms with van der Waals surface area (Å²) in [6.07, 6.45) is 7.56. The number of aromatic amines is 2. The van der Waals surface area contributed by atoms with Gasteiger partial charge in [0.25, 0.3) is 0 Å². The number of nitrogens with one attached hydrogen (secondary N) is 3. The smallest absolute Gasteiger partial charge is 0.161 e. The van der Waals surface area contributed by atoms with Crippen molar-refractivity contribution in [2.45, 2.75) is 18.8 Å². The lowest BCUT2D eigenvalue weighted by Crippen LogP contribution is -2.27. The van der Waals surface area contributed by atoms with E-state index in [0.29, 0.717) is 11.7 Å². The Morgan fingerprint density at radius 3 is 2.70 bits per heavy atom. The predicted molar refractivity (Wildman–Crippen MR) is 115 cm³/mol. The van der Waals surface area contributed by atoms with E-state index in [9.17, 15) is 0 Å². The molecule has 5 aromatic rings. The van der Waals surface area contributed by atoms with Crippen molar-refractivity contribution in [1.29, 1.82) is 0 Å². The monoisotopic (exact) mass is 396 g/mol. The molecule has 148 valence electrons. The quantitative estimate of drug-likeness (QED) is 0.431. The molecule has 0 spiro atoms. The minimum atomic E-state index is 0.481. The molecular formula is C22H20N8. The highest BCUT2D eigenvalue weighted by molar-refractivity contribution is 5.94. The molecule has 0 saturated carbocycles. The van der Waals surface area contributed by atoms with Crippen LogP contribution in [0.15, 0.2) is 48.9 Å². The number of aromatic nitrogens is 7. The van der Waals surface area contributed by atoms with E-state index >= 15 is 0 Å². The van der Waals surface area contributed by atoms with Crippen LogP contribution >= 0.6 is 0 Å². The minimum absolute atomic E-state index is 0.481. The molecule has 0 aliphatic carbocycles. The fraction of sp³-hybridized carbons (Fsp3) is 0.227. The van der Waals surface area contributed by atoms with Gasteiger partial charge in [0.05, 0.1) is 22.9 Å². The first-order chi connectivity index (χ1) is 14.9. The number of hydrogen-bond acceptors (Lipinski definition) is 6. The zero-order chi connectivity index (χ0) is 19.9. The van der Waals surface area contributed by atoms with Gasteiger partial charge < -0.3 is 10.3 Å². The van der Waals surface area contributed by atoms with Crippen LogP contribution in [-0.4, -0.2) is 48.2 Å². The summed E-state index contributed by atoms with van der Waals surface area (Å²) >= 11 is 0. The molecule has 6 heterocycles. The Morgan fingerprint density at radius 1 is 0.900 bits per heavy atom. The number of rotatable bonds is 3. The van der Waals surface area contributed by atoms with Gasteiger partial charge in [0.15, 0.2) is 11.5 Å². The lowest BCUT2D eigenvalue weighted by molar-refractivity contribution is 0.454. The van der Waals surface area contributed by atoms with E-state index < -0.39 is 0 Å². The molecule has 1 fully saturated rings. The van der Waals surface area contributed by atoms with E-state index in [4.69, 9.17) is 9.97 Å². The summed E-state index contributed by atoms with van der Waals surface area (Å²) in [5.41, 5.74) is 7.00. The fourth-order valence-corrected chi connectivity index (χ4v) is 4.18. The summed E-state index contributed by atoms with van der Waals surface area (Å²) in [4.78, 5) is 22.0. The average Bonchev–Trinajstić information content (AvgIpc) is 3.43. The van der Waals surface area contributed by atoms with Crippen molar-refractivity contribution < 1.29 is 0 Å². The highest BCUT2D eigenvalue weighted by atomic mass is 15.2. The third-order valence-electron chi connectivity index (χ3n) is 5.75. The van der Waals surface area contributed by atoms with Crippen molar-refractivity contribution in [3.05, 3.63) is 54.6 Å². The van der Waals surface area contributed by atoms with Crippen LogP contribution in [0.3, 0.4) is 0 Å². The van der Waals surface area contributed by atoms with Gasteiger partial charge >= 0.3 is 0 Å². The first-order valence-electron chi connectivity index (χ1n) is 10.2. The number of fused-ring (bicyclic) bond motifs is 2. The van der Waals surface area contributed by atoms with Crippen molar-refractivity contribution in [2.75, 3.05) is 13.1 Å². The van der Waals surface area contributed by atoms with Gasteiger partial charge in [-0.05, 0) is 50.2 Å². The molecule has 8 nitrogen and oxygen atoms in total. The standard InChI is InChI=1S/C22H20N8/c1-2-8-25-16(3-1)14-11-24-12-18-19(14)28-22(27-18)21-20-17(29-30-21)5-4-15(26-20)13-6-9-23-10-7-13/h1-5,8,11-13,23H,6-7,9-10H2,(H,27,28)(H,29,30). The molecule has 0 bridgehead atoms. The number of nitrogens with zero attached hydrogens (tertiary/aromatic N) is 5. The largest absolute Gasteiger partial charge is 0.335 e. The maximum atomic E-state index is 4.98. The van der Waals surface area contributed by atoms with E-state index in [1.165, 1.54) is 0 Å². The second kappa shape index (κ2) is 7.00. The predicted octanol–water partition coefficient (Wildman–Crippen LogP) is 3.43. The van der Waals surface area contributed by atoms with Crippen LogP contribution in [0.5, 0.6) is 0 Å². The molecule has 0 amide bonds.